The van der Waals surface area contributed by atoms with Gasteiger partial charge in [0.15, 0.2) is 0 Å². The molecule has 0 radical (unpaired) electrons. The van der Waals surface area contributed by atoms with Crippen LogP contribution in [-0.2, 0) is 0 Å². The average Bonchev–Trinajstić information content (AvgIpc) is 2.85. The zero-order chi connectivity index (χ0) is 23.9. The molecule has 3 rings (SSSR count). The van der Waals surface area contributed by atoms with Gasteiger partial charge in [0.2, 0.25) is 11.9 Å². The van der Waals surface area contributed by atoms with Gasteiger partial charge in [-0.1, -0.05) is 104 Å². The Morgan fingerprint density at radius 2 is 1.13 bits per heavy atom. The van der Waals surface area contributed by atoms with Gasteiger partial charge in [0, 0.05) is 5.69 Å². The van der Waals surface area contributed by atoms with Gasteiger partial charge >= 0.3 is 0 Å². The first kappa shape index (κ1) is 29.9. The van der Waals surface area contributed by atoms with E-state index in [9.17, 15) is 0 Å². The number of hydrazone groups is 1. The molecule has 2 aromatic carbocycles. The SMILES string of the molecule is CC.CC.CC.CC.Cc1nc(N/N=C\c2ccccc2)nc(Nc2ccccc2)n1. The fourth-order valence-electron chi connectivity index (χ4n) is 1.94. The second-order valence-electron chi connectivity index (χ2n) is 4.80. The lowest BCUT2D eigenvalue weighted by atomic mass is 10.2. The summed E-state index contributed by atoms with van der Waals surface area (Å²) in [6.07, 6.45) is 1.71. The molecule has 6 nitrogen and oxygen atoms in total. The molecule has 0 fully saturated rings. The van der Waals surface area contributed by atoms with Crippen molar-refractivity contribution < 1.29 is 0 Å². The second-order valence-corrected chi connectivity index (χ2v) is 4.80. The van der Waals surface area contributed by atoms with Gasteiger partial charge in [0.1, 0.15) is 5.82 Å². The van der Waals surface area contributed by atoms with Crippen molar-refractivity contribution in [2.24, 2.45) is 5.10 Å². The van der Waals surface area contributed by atoms with Crippen LogP contribution in [0.15, 0.2) is 65.8 Å². The third-order valence-electron chi connectivity index (χ3n) is 2.95. The highest BCUT2D eigenvalue weighted by Crippen LogP contribution is 2.13. The van der Waals surface area contributed by atoms with E-state index in [0.29, 0.717) is 17.7 Å². The molecular formula is C25H40N6. The summed E-state index contributed by atoms with van der Waals surface area (Å²) in [7, 11) is 0. The molecule has 0 atom stereocenters. The second kappa shape index (κ2) is 21.4. The summed E-state index contributed by atoms with van der Waals surface area (Å²) in [5.41, 5.74) is 4.74. The summed E-state index contributed by atoms with van der Waals surface area (Å²) >= 11 is 0. The highest BCUT2D eigenvalue weighted by Gasteiger charge is 2.03. The summed E-state index contributed by atoms with van der Waals surface area (Å²) in [5, 5.41) is 7.28. The van der Waals surface area contributed by atoms with E-state index in [1.54, 1.807) is 6.21 Å². The first-order valence-corrected chi connectivity index (χ1v) is 11.2. The van der Waals surface area contributed by atoms with Gasteiger partial charge in [-0.05, 0) is 24.6 Å². The van der Waals surface area contributed by atoms with Crippen LogP contribution in [0.1, 0.15) is 66.8 Å². The third kappa shape index (κ3) is 13.5. The minimum Gasteiger partial charge on any atom is -0.324 e. The van der Waals surface area contributed by atoms with E-state index >= 15 is 0 Å². The van der Waals surface area contributed by atoms with Crippen LogP contribution in [0.4, 0.5) is 17.6 Å². The van der Waals surface area contributed by atoms with Crippen LogP contribution in [-0.4, -0.2) is 21.2 Å². The standard InChI is InChI=1S/C17H16N6.4C2H6/c1-13-19-16(21-15-10-6-3-7-11-15)22-17(20-13)23-18-12-14-8-4-2-5-9-14;4*1-2/h2-12H,1H3,(H2,19,20,21,22,23);4*1-2H3/b18-12-;;;;. The molecule has 0 bridgehead atoms. The maximum atomic E-state index is 4.30. The maximum absolute atomic E-state index is 4.30. The van der Waals surface area contributed by atoms with Gasteiger partial charge in [-0.2, -0.15) is 20.1 Å². The Bertz CT molecular complexity index is 790. The number of rotatable bonds is 5. The first-order chi connectivity index (χ1) is 15.3. The van der Waals surface area contributed by atoms with E-state index in [1.807, 2.05) is 123 Å². The van der Waals surface area contributed by atoms with Crippen LogP contribution >= 0.6 is 0 Å². The van der Waals surface area contributed by atoms with Crippen molar-refractivity contribution in [2.75, 3.05) is 10.7 Å². The van der Waals surface area contributed by atoms with Crippen LogP contribution in [0.5, 0.6) is 0 Å². The summed E-state index contributed by atoms with van der Waals surface area (Å²) in [6.45, 7) is 17.8. The smallest absolute Gasteiger partial charge is 0.248 e. The van der Waals surface area contributed by atoms with Crippen molar-refractivity contribution in [3.8, 4) is 0 Å². The van der Waals surface area contributed by atoms with Gasteiger partial charge in [-0.3, -0.25) is 0 Å². The monoisotopic (exact) mass is 424 g/mol. The molecule has 170 valence electrons. The molecule has 0 spiro atoms. The van der Waals surface area contributed by atoms with Crippen molar-refractivity contribution in [3.63, 3.8) is 0 Å². The molecule has 3 aromatic rings. The Morgan fingerprint density at radius 1 is 0.645 bits per heavy atom. The molecule has 6 heteroatoms. The average molecular weight is 425 g/mol. The molecule has 0 amide bonds. The molecule has 1 heterocycles. The van der Waals surface area contributed by atoms with Crippen LogP contribution in [0, 0.1) is 6.92 Å². The molecule has 1 aromatic heterocycles. The maximum Gasteiger partial charge on any atom is 0.248 e. The van der Waals surface area contributed by atoms with Crippen LogP contribution < -0.4 is 10.7 Å². The van der Waals surface area contributed by atoms with E-state index in [0.717, 1.165) is 11.3 Å². The van der Waals surface area contributed by atoms with Gasteiger partial charge in [0.05, 0.1) is 6.21 Å². The zero-order valence-corrected chi connectivity index (χ0v) is 20.6. The quantitative estimate of drug-likeness (QED) is 0.328. The molecule has 0 unspecified atom stereocenters. The lowest BCUT2D eigenvalue weighted by molar-refractivity contribution is 0.975. The molecule has 0 aliphatic rings. The minimum absolute atomic E-state index is 0.392. The van der Waals surface area contributed by atoms with Crippen LogP contribution in [0.25, 0.3) is 0 Å². The zero-order valence-electron chi connectivity index (χ0n) is 20.6. The van der Waals surface area contributed by atoms with E-state index in [-0.39, 0.29) is 0 Å². The fraction of sp³-hybridized carbons (Fsp3) is 0.360. The summed E-state index contributed by atoms with van der Waals surface area (Å²) in [6, 6.07) is 19.5. The van der Waals surface area contributed by atoms with E-state index in [4.69, 9.17) is 0 Å². The largest absolute Gasteiger partial charge is 0.324 e. The van der Waals surface area contributed by atoms with Crippen LogP contribution in [0.3, 0.4) is 0 Å². The Hall–Kier alpha value is -3.28. The predicted octanol–water partition coefficient (Wildman–Crippen LogP) is 7.47. The van der Waals surface area contributed by atoms with Gasteiger partial charge in [-0.15, -0.1) is 0 Å². The lowest BCUT2D eigenvalue weighted by Gasteiger charge is -2.06. The highest BCUT2D eigenvalue weighted by atomic mass is 15.4. The molecule has 0 saturated heterocycles. The Kier molecular flexibility index (Phi) is 20.7. The number of anilines is 3. The Morgan fingerprint density at radius 3 is 1.68 bits per heavy atom. The topological polar surface area (TPSA) is 75.1 Å². The minimum atomic E-state index is 0.392. The molecule has 0 aliphatic heterocycles. The Labute approximate surface area is 189 Å². The van der Waals surface area contributed by atoms with E-state index < -0.39 is 0 Å². The number of hydrogen-bond acceptors (Lipinski definition) is 6. The van der Waals surface area contributed by atoms with Gasteiger partial charge in [0.25, 0.3) is 0 Å². The number of aromatic nitrogens is 3. The summed E-state index contributed by atoms with van der Waals surface area (Å²) in [5.74, 6) is 1.47. The van der Waals surface area contributed by atoms with Crippen molar-refractivity contribution in [1.29, 1.82) is 0 Å². The predicted molar refractivity (Wildman–Crippen MR) is 137 cm³/mol. The molecule has 31 heavy (non-hydrogen) atoms. The van der Waals surface area contributed by atoms with Crippen molar-refractivity contribution in [3.05, 3.63) is 72.1 Å². The molecule has 2 N–H and O–H groups in total. The normalized spacial score (nSPS) is 8.68. The number of nitrogens with one attached hydrogen (secondary N) is 2. The van der Waals surface area contributed by atoms with E-state index in [2.05, 4.69) is 30.8 Å². The number of hydrogen-bond donors (Lipinski definition) is 2. The van der Waals surface area contributed by atoms with Crippen molar-refractivity contribution in [2.45, 2.75) is 62.3 Å². The van der Waals surface area contributed by atoms with Gasteiger partial charge in [-0.25, -0.2) is 5.43 Å². The molecule has 0 aliphatic carbocycles. The van der Waals surface area contributed by atoms with Crippen LogP contribution in [0.2, 0.25) is 0 Å². The summed E-state index contributed by atoms with van der Waals surface area (Å²) < 4.78 is 0. The number of para-hydroxylation sites is 1. The number of nitrogens with zero attached hydrogens (tertiary/aromatic N) is 4. The molecular weight excluding hydrogens is 384 g/mol. The lowest BCUT2D eigenvalue weighted by Crippen LogP contribution is -2.05. The molecule has 0 saturated carbocycles. The first-order valence-electron chi connectivity index (χ1n) is 11.2. The van der Waals surface area contributed by atoms with Crippen molar-refractivity contribution >= 4 is 23.8 Å². The summed E-state index contributed by atoms with van der Waals surface area (Å²) in [4.78, 5) is 12.8. The van der Waals surface area contributed by atoms with E-state index in [1.165, 1.54) is 0 Å². The Balaban J connectivity index is 0. The number of aryl methyl sites for hydroxylation is 1. The number of benzene rings is 2. The van der Waals surface area contributed by atoms with Gasteiger partial charge < -0.3 is 5.32 Å². The fourth-order valence-corrected chi connectivity index (χ4v) is 1.94. The van der Waals surface area contributed by atoms with Crippen molar-refractivity contribution in [1.82, 2.24) is 15.0 Å². The third-order valence-corrected chi connectivity index (χ3v) is 2.95. The highest BCUT2D eigenvalue weighted by molar-refractivity contribution is 5.79.